The average Bonchev–Trinajstić information content (AvgIpc) is 3.05. The third-order valence-electron chi connectivity index (χ3n) is 2.87. The van der Waals surface area contributed by atoms with E-state index in [4.69, 9.17) is 0 Å². The number of rotatable bonds is 2. The summed E-state index contributed by atoms with van der Waals surface area (Å²) in [7, 11) is 0. The van der Waals surface area contributed by atoms with Crippen molar-refractivity contribution < 1.29 is 0 Å². The second-order valence-electron chi connectivity index (χ2n) is 4.18. The molecular weight excluding hydrogens is 248 g/mol. The number of H-pyrrole nitrogens is 1. The van der Waals surface area contributed by atoms with Gasteiger partial charge in [0, 0.05) is 5.56 Å². The van der Waals surface area contributed by atoms with Gasteiger partial charge in [0.15, 0.2) is 0 Å². The van der Waals surface area contributed by atoms with Gasteiger partial charge in [0.25, 0.3) is 0 Å². The largest absolute Gasteiger partial charge is 0.204 e. The van der Waals surface area contributed by atoms with Gasteiger partial charge in [-0.3, -0.25) is 0 Å². The first-order valence-electron chi connectivity index (χ1n) is 6.74. The summed E-state index contributed by atoms with van der Waals surface area (Å²) >= 11 is 0. The van der Waals surface area contributed by atoms with Gasteiger partial charge in [-0.25, -0.2) is 0 Å². The predicted octanol–water partition coefficient (Wildman–Crippen LogP) is 3.87. The number of hydrogen-bond donors (Lipinski definition) is 1. The van der Waals surface area contributed by atoms with Gasteiger partial charge in [-0.15, -0.1) is 10.2 Å². The van der Waals surface area contributed by atoms with Crippen molar-refractivity contribution in [3.8, 4) is 22.5 Å². The zero-order chi connectivity index (χ0) is 14.4. The Balaban J connectivity index is 0.000000704. The summed E-state index contributed by atoms with van der Waals surface area (Å²) in [5, 5.41) is 13.9. The average molecular weight is 266 g/mol. The normalized spacial score (nSPS) is 9.75. The van der Waals surface area contributed by atoms with Crippen LogP contribution >= 0.6 is 0 Å². The summed E-state index contributed by atoms with van der Waals surface area (Å²) in [5.41, 5.74) is 4.62. The van der Waals surface area contributed by atoms with Crippen LogP contribution in [-0.2, 0) is 0 Å². The van der Waals surface area contributed by atoms with Crippen LogP contribution in [0, 0.1) is 6.92 Å². The Hall–Kier alpha value is -2.49. The molecule has 0 aliphatic rings. The maximum absolute atomic E-state index is 3.95. The molecule has 0 amide bonds. The van der Waals surface area contributed by atoms with E-state index in [1.807, 2.05) is 26.0 Å². The molecule has 1 N–H and O–H groups in total. The van der Waals surface area contributed by atoms with Crippen LogP contribution in [0.3, 0.4) is 0 Å². The molecule has 2 aromatic carbocycles. The Morgan fingerprint density at radius 3 is 1.75 bits per heavy atom. The van der Waals surface area contributed by atoms with Gasteiger partial charge in [-0.1, -0.05) is 67.9 Å². The van der Waals surface area contributed by atoms with Crippen molar-refractivity contribution in [2.75, 3.05) is 0 Å². The van der Waals surface area contributed by atoms with E-state index in [9.17, 15) is 0 Å². The van der Waals surface area contributed by atoms with Gasteiger partial charge in [0.05, 0.1) is 0 Å². The maximum atomic E-state index is 3.95. The van der Waals surface area contributed by atoms with Crippen molar-refractivity contribution in [1.29, 1.82) is 0 Å². The van der Waals surface area contributed by atoms with E-state index in [1.54, 1.807) is 0 Å². The first-order chi connectivity index (χ1) is 9.83. The summed E-state index contributed by atoms with van der Waals surface area (Å²) in [6, 6.07) is 16.6. The second-order valence-corrected chi connectivity index (χ2v) is 4.18. The Kier molecular flexibility index (Phi) is 4.60. The minimum atomic E-state index is 0.616. The highest BCUT2D eigenvalue weighted by Crippen LogP contribution is 2.22. The van der Waals surface area contributed by atoms with E-state index < -0.39 is 0 Å². The molecule has 1 heterocycles. The first kappa shape index (κ1) is 13.9. The van der Waals surface area contributed by atoms with Crippen molar-refractivity contribution in [2.24, 2.45) is 0 Å². The number of tetrazole rings is 1. The molecule has 0 spiro atoms. The van der Waals surface area contributed by atoms with Crippen molar-refractivity contribution in [2.45, 2.75) is 20.8 Å². The van der Waals surface area contributed by atoms with Crippen LogP contribution in [0.5, 0.6) is 0 Å². The molecule has 0 saturated heterocycles. The van der Waals surface area contributed by atoms with Gasteiger partial charge in [0.2, 0.25) is 5.82 Å². The predicted molar refractivity (Wildman–Crippen MR) is 81.1 cm³/mol. The zero-order valence-corrected chi connectivity index (χ0v) is 12.0. The van der Waals surface area contributed by atoms with E-state index in [0.717, 1.165) is 5.56 Å². The van der Waals surface area contributed by atoms with Gasteiger partial charge in [-0.05, 0) is 23.3 Å². The maximum Gasteiger partial charge on any atom is 0.204 e. The van der Waals surface area contributed by atoms with Crippen LogP contribution in [0.15, 0.2) is 48.5 Å². The monoisotopic (exact) mass is 266 g/mol. The molecule has 0 saturated carbocycles. The molecule has 20 heavy (non-hydrogen) atoms. The topological polar surface area (TPSA) is 54.5 Å². The lowest BCUT2D eigenvalue weighted by molar-refractivity contribution is 0.881. The number of hydrogen-bond acceptors (Lipinski definition) is 3. The summed E-state index contributed by atoms with van der Waals surface area (Å²) < 4.78 is 0. The minimum Gasteiger partial charge on any atom is -0.177 e. The highest BCUT2D eigenvalue weighted by molar-refractivity contribution is 5.67. The van der Waals surface area contributed by atoms with Crippen molar-refractivity contribution >= 4 is 0 Å². The number of aromatic amines is 1. The van der Waals surface area contributed by atoms with Crippen molar-refractivity contribution in [1.82, 2.24) is 20.6 Å². The first-order valence-corrected chi connectivity index (χ1v) is 6.74. The Morgan fingerprint density at radius 1 is 0.750 bits per heavy atom. The third-order valence-corrected chi connectivity index (χ3v) is 2.87. The SMILES string of the molecule is CC.Cc1ccc(-c2ccc(-c3nn[nH]n3)cc2)cc1. The fraction of sp³-hybridized carbons (Fsp3) is 0.188. The highest BCUT2D eigenvalue weighted by Gasteiger charge is 2.03. The van der Waals surface area contributed by atoms with E-state index in [-0.39, 0.29) is 0 Å². The summed E-state index contributed by atoms with van der Waals surface area (Å²) in [5.74, 6) is 0.616. The van der Waals surface area contributed by atoms with Gasteiger partial charge in [0.1, 0.15) is 0 Å². The standard InChI is InChI=1S/C14H12N4.C2H6/c1-10-2-4-11(5-3-10)12-6-8-13(9-7-12)14-15-17-18-16-14;1-2/h2-9H,1H3,(H,15,16,17,18);1-2H3. The number of nitrogens with one attached hydrogen (secondary N) is 1. The number of aromatic nitrogens is 4. The molecule has 0 radical (unpaired) electrons. The molecular formula is C16H18N4. The summed E-state index contributed by atoms with van der Waals surface area (Å²) in [6.45, 7) is 6.09. The Bertz CT molecular complexity index is 625. The van der Waals surface area contributed by atoms with Crippen LogP contribution in [0.1, 0.15) is 19.4 Å². The molecule has 1 aromatic heterocycles. The van der Waals surface area contributed by atoms with Gasteiger partial charge >= 0.3 is 0 Å². The molecule has 0 unspecified atom stereocenters. The second kappa shape index (κ2) is 6.61. The molecule has 3 rings (SSSR count). The lowest BCUT2D eigenvalue weighted by Gasteiger charge is -2.03. The summed E-state index contributed by atoms with van der Waals surface area (Å²) in [4.78, 5) is 0. The fourth-order valence-electron chi connectivity index (χ4n) is 1.84. The molecule has 102 valence electrons. The van der Waals surface area contributed by atoms with Gasteiger partial charge < -0.3 is 0 Å². The van der Waals surface area contributed by atoms with Crippen LogP contribution < -0.4 is 0 Å². The lowest BCUT2D eigenvalue weighted by Crippen LogP contribution is -1.82. The molecule has 0 fully saturated rings. The molecule has 0 aliphatic carbocycles. The van der Waals surface area contributed by atoms with E-state index >= 15 is 0 Å². The number of nitrogens with zero attached hydrogens (tertiary/aromatic N) is 3. The summed E-state index contributed by atoms with van der Waals surface area (Å²) in [6.07, 6.45) is 0. The Morgan fingerprint density at radius 2 is 1.25 bits per heavy atom. The number of benzene rings is 2. The molecule has 3 aromatic rings. The van der Waals surface area contributed by atoms with Crippen molar-refractivity contribution in [3.63, 3.8) is 0 Å². The zero-order valence-electron chi connectivity index (χ0n) is 12.0. The van der Waals surface area contributed by atoms with Crippen LogP contribution in [-0.4, -0.2) is 20.6 Å². The van der Waals surface area contributed by atoms with E-state index in [2.05, 4.69) is 63.9 Å². The molecule has 0 bridgehead atoms. The minimum absolute atomic E-state index is 0.616. The molecule has 4 nitrogen and oxygen atoms in total. The fourth-order valence-corrected chi connectivity index (χ4v) is 1.84. The molecule has 4 heteroatoms. The van der Waals surface area contributed by atoms with Crippen molar-refractivity contribution in [3.05, 3.63) is 54.1 Å². The van der Waals surface area contributed by atoms with Crippen LogP contribution in [0.4, 0.5) is 0 Å². The van der Waals surface area contributed by atoms with Crippen LogP contribution in [0.2, 0.25) is 0 Å². The van der Waals surface area contributed by atoms with E-state index in [0.29, 0.717) is 5.82 Å². The smallest absolute Gasteiger partial charge is 0.177 e. The molecule has 0 aliphatic heterocycles. The van der Waals surface area contributed by atoms with E-state index in [1.165, 1.54) is 16.7 Å². The third kappa shape index (κ3) is 3.09. The van der Waals surface area contributed by atoms with Gasteiger partial charge in [-0.2, -0.15) is 5.21 Å². The van der Waals surface area contributed by atoms with Crippen LogP contribution in [0.25, 0.3) is 22.5 Å². The quantitative estimate of drug-likeness (QED) is 0.766. The number of aryl methyl sites for hydroxylation is 1. The highest BCUT2D eigenvalue weighted by atomic mass is 15.5. The molecule has 0 atom stereocenters. The lowest BCUT2D eigenvalue weighted by atomic mass is 10.0. The Labute approximate surface area is 118 Å².